The van der Waals surface area contributed by atoms with E-state index in [1.165, 1.54) is 12.8 Å². The summed E-state index contributed by atoms with van der Waals surface area (Å²) in [5.74, 6) is 1.92. The fraction of sp³-hybridized carbons (Fsp3) is 0.643. The summed E-state index contributed by atoms with van der Waals surface area (Å²) in [4.78, 5) is 6.99. The quantitative estimate of drug-likeness (QED) is 0.786. The molecule has 98 valence electrons. The van der Waals surface area contributed by atoms with Crippen molar-refractivity contribution in [3.05, 3.63) is 18.3 Å². The third-order valence-corrected chi connectivity index (χ3v) is 4.33. The first-order valence-electron chi connectivity index (χ1n) is 6.79. The fourth-order valence-electron chi connectivity index (χ4n) is 3.30. The van der Waals surface area contributed by atoms with Crippen LogP contribution in [0.15, 0.2) is 18.3 Å². The molecule has 2 unspecified atom stereocenters. The Morgan fingerprint density at radius 2 is 2.11 bits per heavy atom. The zero-order valence-electron chi connectivity index (χ0n) is 10.7. The first-order chi connectivity index (χ1) is 8.79. The lowest BCUT2D eigenvalue weighted by Crippen LogP contribution is -2.44. The number of anilines is 1. The van der Waals surface area contributed by atoms with Gasteiger partial charge in [0.25, 0.3) is 0 Å². The van der Waals surface area contributed by atoms with Gasteiger partial charge in [-0.15, -0.1) is 11.6 Å². The second-order valence-corrected chi connectivity index (χ2v) is 5.74. The molecule has 18 heavy (non-hydrogen) atoms. The molecule has 0 radical (unpaired) electrons. The number of ether oxygens (including phenoxy) is 1. The van der Waals surface area contributed by atoms with E-state index in [-0.39, 0.29) is 0 Å². The van der Waals surface area contributed by atoms with Crippen LogP contribution in [0.3, 0.4) is 0 Å². The Labute approximate surface area is 113 Å². The number of hydrogen-bond donors (Lipinski definition) is 0. The Morgan fingerprint density at radius 3 is 2.78 bits per heavy atom. The van der Waals surface area contributed by atoms with Gasteiger partial charge < -0.3 is 9.64 Å². The summed E-state index contributed by atoms with van der Waals surface area (Å²) in [5.41, 5.74) is 0. The maximum absolute atomic E-state index is 6.32. The third kappa shape index (κ3) is 2.05. The number of fused-ring (bicyclic) bond motifs is 2. The van der Waals surface area contributed by atoms with E-state index in [4.69, 9.17) is 16.3 Å². The topological polar surface area (TPSA) is 25.4 Å². The van der Waals surface area contributed by atoms with E-state index in [0.29, 0.717) is 24.1 Å². The highest BCUT2D eigenvalue weighted by Crippen LogP contribution is 2.42. The summed E-state index contributed by atoms with van der Waals surface area (Å²) in [7, 11) is 0. The van der Waals surface area contributed by atoms with Crippen LogP contribution in [0, 0.1) is 0 Å². The number of aromatic nitrogens is 1. The summed E-state index contributed by atoms with van der Waals surface area (Å²) in [5, 5.41) is 0.331. The van der Waals surface area contributed by atoms with Crippen molar-refractivity contribution in [2.45, 2.75) is 50.1 Å². The summed E-state index contributed by atoms with van der Waals surface area (Å²) in [6.07, 6.45) is 6.45. The number of rotatable bonds is 3. The van der Waals surface area contributed by atoms with E-state index in [2.05, 4.69) is 9.88 Å². The Kier molecular flexibility index (Phi) is 3.33. The van der Waals surface area contributed by atoms with E-state index in [9.17, 15) is 0 Å². The SMILES string of the molecule is CCOc1cccnc1N1C2CCC1CC(Cl)C2. The zero-order chi connectivity index (χ0) is 12.5. The highest BCUT2D eigenvalue weighted by atomic mass is 35.5. The molecule has 3 nitrogen and oxygen atoms in total. The first kappa shape index (κ1) is 12.1. The summed E-state index contributed by atoms with van der Waals surface area (Å²) in [6, 6.07) is 5.03. The van der Waals surface area contributed by atoms with E-state index in [0.717, 1.165) is 24.4 Å². The van der Waals surface area contributed by atoms with Crippen molar-refractivity contribution in [2.75, 3.05) is 11.5 Å². The minimum Gasteiger partial charge on any atom is -0.490 e. The van der Waals surface area contributed by atoms with Gasteiger partial charge in [-0.05, 0) is 44.7 Å². The van der Waals surface area contributed by atoms with E-state index in [1.807, 2.05) is 25.3 Å². The predicted molar refractivity (Wildman–Crippen MR) is 73.6 cm³/mol. The minimum absolute atomic E-state index is 0.331. The largest absolute Gasteiger partial charge is 0.490 e. The zero-order valence-corrected chi connectivity index (χ0v) is 11.4. The molecular formula is C14H19ClN2O. The molecule has 2 aliphatic rings. The Bertz CT molecular complexity index is 412. The van der Waals surface area contributed by atoms with Gasteiger partial charge in [-0.3, -0.25) is 0 Å². The van der Waals surface area contributed by atoms with Crippen LogP contribution >= 0.6 is 11.6 Å². The van der Waals surface area contributed by atoms with Crippen LogP contribution in [-0.4, -0.2) is 29.1 Å². The van der Waals surface area contributed by atoms with E-state index in [1.54, 1.807) is 0 Å². The minimum atomic E-state index is 0.331. The smallest absolute Gasteiger partial charge is 0.171 e. The molecule has 1 aromatic rings. The highest BCUT2D eigenvalue weighted by molar-refractivity contribution is 6.20. The normalized spacial score (nSPS) is 30.6. The molecular weight excluding hydrogens is 248 g/mol. The fourth-order valence-corrected chi connectivity index (χ4v) is 3.71. The molecule has 2 bridgehead atoms. The van der Waals surface area contributed by atoms with E-state index < -0.39 is 0 Å². The van der Waals surface area contributed by atoms with Gasteiger partial charge in [0.15, 0.2) is 11.6 Å². The van der Waals surface area contributed by atoms with Crippen LogP contribution < -0.4 is 9.64 Å². The molecule has 4 heteroatoms. The Morgan fingerprint density at radius 1 is 1.39 bits per heavy atom. The monoisotopic (exact) mass is 266 g/mol. The Balaban J connectivity index is 1.91. The average Bonchev–Trinajstić information content (AvgIpc) is 2.63. The number of halogens is 1. The average molecular weight is 267 g/mol. The number of nitrogens with zero attached hydrogens (tertiary/aromatic N) is 2. The molecule has 0 amide bonds. The lowest BCUT2D eigenvalue weighted by atomic mass is 10.0. The molecule has 2 saturated heterocycles. The van der Waals surface area contributed by atoms with Gasteiger partial charge >= 0.3 is 0 Å². The lowest BCUT2D eigenvalue weighted by Gasteiger charge is -2.38. The van der Waals surface area contributed by atoms with Crippen molar-refractivity contribution in [1.29, 1.82) is 0 Å². The van der Waals surface area contributed by atoms with Crippen molar-refractivity contribution in [1.82, 2.24) is 4.98 Å². The van der Waals surface area contributed by atoms with E-state index >= 15 is 0 Å². The number of alkyl halides is 1. The molecule has 3 heterocycles. The van der Waals surface area contributed by atoms with Crippen molar-refractivity contribution in [2.24, 2.45) is 0 Å². The molecule has 2 fully saturated rings. The van der Waals surface area contributed by atoms with Crippen LogP contribution in [-0.2, 0) is 0 Å². The predicted octanol–water partition coefficient (Wildman–Crippen LogP) is 3.22. The van der Waals surface area contributed by atoms with Gasteiger partial charge in [-0.1, -0.05) is 0 Å². The van der Waals surface area contributed by atoms with Crippen molar-refractivity contribution in [3.8, 4) is 5.75 Å². The molecule has 0 aliphatic carbocycles. The second-order valence-electron chi connectivity index (χ2n) is 5.12. The van der Waals surface area contributed by atoms with Crippen LogP contribution in [0.25, 0.3) is 0 Å². The molecule has 3 rings (SSSR count). The standard InChI is InChI=1S/C14H19ClN2O/c1-2-18-13-4-3-7-16-14(13)17-11-5-6-12(17)9-10(15)8-11/h3-4,7,10-12H,2,5-6,8-9H2,1H3. The van der Waals surface area contributed by atoms with Crippen molar-refractivity contribution < 1.29 is 4.74 Å². The number of piperidine rings is 1. The molecule has 1 aromatic heterocycles. The van der Waals surface area contributed by atoms with Gasteiger partial charge in [0.1, 0.15) is 0 Å². The van der Waals surface area contributed by atoms with Gasteiger partial charge in [0.2, 0.25) is 0 Å². The van der Waals surface area contributed by atoms with Crippen LogP contribution in [0.1, 0.15) is 32.6 Å². The highest BCUT2D eigenvalue weighted by Gasteiger charge is 2.41. The molecule has 0 spiro atoms. The van der Waals surface area contributed by atoms with Crippen molar-refractivity contribution >= 4 is 17.4 Å². The third-order valence-electron chi connectivity index (χ3n) is 3.97. The van der Waals surface area contributed by atoms with Crippen LogP contribution in [0.2, 0.25) is 0 Å². The van der Waals surface area contributed by atoms with Gasteiger partial charge in [-0.25, -0.2) is 4.98 Å². The van der Waals surface area contributed by atoms with Gasteiger partial charge in [0.05, 0.1) is 6.61 Å². The summed E-state index contributed by atoms with van der Waals surface area (Å²) in [6.45, 7) is 2.69. The molecule has 0 aromatic carbocycles. The maximum atomic E-state index is 6.32. The summed E-state index contributed by atoms with van der Waals surface area (Å²) >= 11 is 6.32. The Hall–Kier alpha value is -0.960. The van der Waals surface area contributed by atoms with Gasteiger partial charge in [-0.2, -0.15) is 0 Å². The number of hydrogen-bond acceptors (Lipinski definition) is 3. The summed E-state index contributed by atoms with van der Waals surface area (Å²) < 4.78 is 5.70. The molecule has 2 atom stereocenters. The molecule has 0 N–H and O–H groups in total. The maximum Gasteiger partial charge on any atom is 0.171 e. The van der Waals surface area contributed by atoms with Crippen molar-refractivity contribution in [3.63, 3.8) is 0 Å². The number of pyridine rings is 1. The molecule has 2 aliphatic heterocycles. The van der Waals surface area contributed by atoms with Crippen LogP contribution in [0.4, 0.5) is 5.82 Å². The van der Waals surface area contributed by atoms with Gasteiger partial charge in [0, 0.05) is 23.7 Å². The lowest BCUT2D eigenvalue weighted by molar-refractivity contribution is 0.335. The first-order valence-corrected chi connectivity index (χ1v) is 7.23. The van der Waals surface area contributed by atoms with Crippen LogP contribution in [0.5, 0.6) is 5.75 Å². The second kappa shape index (κ2) is 4.96. The molecule has 0 saturated carbocycles.